The molecule has 0 bridgehead atoms. The van der Waals surface area contributed by atoms with E-state index in [1.807, 2.05) is 49.4 Å². The molecule has 0 aliphatic carbocycles. The normalized spacial score (nSPS) is 11.7. The van der Waals surface area contributed by atoms with Gasteiger partial charge in [0, 0.05) is 12.6 Å². The van der Waals surface area contributed by atoms with Crippen molar-refractivity contribution in [1.29, 1.82) is 0 Å². The monoisotopic (exact) mass is 387 g/mol. The van der Waals surface area contributed by atoms with Gasteiger partial charge in [-0.05, 0) is 30.2 Å². The molecule has 2 aromatic carbocycles. The molecule has 1 aromatic heterocycles. The largest absolute Gasteiger partial charge is 0.497 e. The quantitative estimate of drug-likeness (QED) is 0.619. The number of nitrogens with zero attached hydrogens (tertiary/aromatic N) is 3. The van der Waals surface area contributed by atoms with Gasteiger partial charge in [0.05, 0.1) is 19.4 Å². The molecule has 0 unspecified atom stereocenters. The van der Waals surface area contributed by atoms with Crippen LogP contribution in [0.25, 0.3) is 11.4 Å². The molecule has 1 heterocycles. The Morgan fingerprint density at radius 3 is 2.67 bits per heavy atom. The van der Waals surface area contributed by atoms with Gasteiger partial charge in [0.25, 0.3) is 0 Å². The molecule has 0 spiro atoms. The van der Waals surface area contributed by atoms with E-state index in [2.05, 4.69) is 10.1 Å². The van der Waals surface area contributed by atoms with Crippen molar-refractivity contribution >= 4 is 10.0 Å². The van der Waals surface area contributed by atoms with Gasteiger partial charge in [-0.3, -0.25) is 0 Å². The van der Waals surface area contributed by atoms with E-state index in [1.54, 1.807) is 13.2 Å². The van der Waals surface area contributed by atoms with Gasteiger partial charge in [-0.1, -0.05) is 41.6 Å². The third-order valence-corrected chi connectivity index (χ3v) is 5.98. The smallest absolute Gasteiger partial charge is 0.242 e. The summed E-state index contributed by atoms with van der Waals surface area (Å²) in [5, 5.41) is 3.93. The number of rotatable bonds is 7. The number of ether oxygens (including phenoxy) is 1. The Balaban J connectivity index is 1.73. The minimum absolute atomic E-state index is 0.00514. The number of aromatic nitrogens is 2. The molecule has 0 aliphatic rings. The summed E-state index contributed by atoms with van der Waals surface area (Å²) in [7, 11) is -0.433. The van der Waals surface area contributed by atoms with E-state index < -0.39 is 10.0 Å². The van der Waals surface area contributed by atoms with Crippen LogP contribution >= 0.6 is 0 Å². The molecule has 0 saturated heterocycles. The van der Waals surface area contributed by atoms with Gasteiger partial charge in [-0.25, -0.2) is 8.42 Å². The molecular weight excluding hydrogens is 366 g/mol. The van der Waals surface area contributed by atoms with Crippen LogP contribution in [-0.2, 0) is 22.3 Å². The van der Waals surface area contributed by atoms with Gasteiger partial charge >= 0.3 is 0 Å². The van der Waals surface area contributed by atoms with Crippen molar-refractivity contribution < 1.29 is 17.7 Å². The Morgan fingerprint density at radius 1 is 1.15 bits per heavy atom. The van der Waals surface area contributed by atoms with Gasteiger partial charge in [-0.15, -0.1) is 0 Å². The lowest BCUT2D eigenvalue weighted by Gasteiger charge is -2.15. The average molecular weight is 387 g/mol. The summed E-state index contributed by atoms with van der Waals surface area (Å²) in [6.07, 6.45) is 0. The first-order chi connectivity index (χ1) is 12.9. The molecule has 142 valence electrons. The van der Waals surface area contributed by atoms with Crippen molar-refractivity contribution in [1.82, 2.24) is 14.4 Å². The zero-order valence-corrected chi connectivity index (χ0v) is 16.2. The van der Waals surface area contributed by atoms with Crippen molar-refractivity contribution in [3.63, 3.8) is 0 Å². The van der Waals surface area contributed by atoms with E-state index in [1.165, 1.54) is 11.4 Å². The molecular formula is C19H21N3O4S. The predicted octanol–water partition coefficient (Wildman–Crippen LogP) is 3.02. The van der Waals surface area contributed by atoms with Crippen molar-refractivity contribution in [3.05, 3.63) is 65.5 Å². The Morgan fingerprint density at radius 2 is 1.93 bits per heavy atom. The standard InChI is InChI=1S/C19H21N3O4S/c1-14-7-4-5-8-16(14)13-27(23,24)22(2)12-18-20-19(21-26-18)15-9-6-10-17(11-15)25-3/h4-11H,12-13H2,1-3H3. The lowest BCUT2D eigenvalue weighted by atomic mass is 10.1. The highest BCUT2D eigenvalue weighted by atomic mass is 32.2. The van der Waals surface area contributed by atoms with Crippen molar-refractivity contribution in [2.45, 2.75) is 19.2 Å². The summed E-state index contributed by atoms with van der Waals surface area (Å²) in [5.41, 5.74) is 2.44. The second-order valence-electron chi connectivity index (χ2n) is 6.18. The molecule has 0 N–H and O–H groups in total. The summed E-state index contributed by atoms with van der Waals surface area (Å²) in [4.78, 5) is 4.29. The SMILES string of the molecule is COc1cccc(-c2noc(CN(C)S(=O)(=O)Cc3ccccc3C)n2)c1. The van der Waals surface area contributed by atoms with E-state index >= 15 is 0 Å². The Kier molecular flexibility index (Phi) is 5.57. The van der Waals surface area contributed by atoms with E-state index in [-0.39, 0.29) is 18.2 Å². The molecule has 27 heavy (non-hydrogen) atoms. The van der Waals surface area contributed by atoms with E-state index in [9.17, 15) is 8.42 Å². The maximum atomic E-state index is 12.6. The molecule has 0 radical (unpaired) electrons. The number of sulfonamides is 1. The third-order valence-electron chi connectivity index (χ3n) is 4.23. The van der Waals surface area contributed by atoms with Crippen LogP contribution in [0.4, 0.5) is 0 Å². The van der Waals surface area contributed by atoms with Crippen LogP contribution < -0.4 is 4.74 Å². The van der Waals surface area contributed by atoms with E-state index in [0.717, 1.165) is 16.7 Å². The molecule has 0 fully saturated rings. The number of hydrogen-bond acceptors (Lipinski definition) is 6. The molecule has 0 atom stereocenters. The highest BCUT2D eigenvalue weighted by molar-refractivity contribution is 7.88. The fourth-order valence-corrected chi connectivity index (χ4v) is 3.81. The lowest BCUT2D eigenvalue weighted by Crippen LogP contribution is -2.28. The second-order valence-corrected chi connectivity index (χ2v) is 8.26. The summed E-state index contributed by atoms with van der Waals surface area (Å²) in [6, 6.07) is 14.7. The van der Waals surface area contributed by atoms with Gasteiger partial charge in [0.1, 0.15) is 5.75 Å². The van der Waals surface area contributed by atoms with Crippen LogP contribution in [0.3, 0.4) is 0 Å². The van der Waals surface area contributed by atoms with Crippen LogP contribution in [0.5, 0.6) is 5.75 Å². The molecule has 3 aromatic rings. The molecule has 3 rings (SSSR count). The van der Waals surface area contributed by atoms with Gasteiger partial charge in [0.2, 0.25) is 21.7 Å². The lowest BCUT2D eigenvalue weighted by molar-refractivity contribution is 0.336. The van der Waals surface area contributed by atoms with Crippen molar-refractivity contribution in [2.24, 2.45) is 0 Å². The number of aryl methyl sites for hydroxylation is 1. The minimum Gasteiger partial charge on any atom is -0.497 e. The van der Waals surface area contributed by atoms with Gasteiger partial charge in [-0.2, -0.15) is 9.29 Å². The molecule has 7 nitrogen and oxygen atoms in total. The summed E-state index contributed by atoms with van der Waals surface area (Å²) in [5.74, 6) is 1.21. The highest BCUT2D eigenvalue weighted by Crippen LogP contribution is 2.22. The summed E-state index contributed by atoms with van der Waals surface area (Å²) >= 11 is 0. The topological polar surface area (TPSA) is 85.5 Å². The second kappa shape index (κ2) is 7.89. The Hall–Kier alpha value is -2.71. The molecule has 0 saturated carbocycles. The zero-order chi connectivity index (χ0) is 19.4. The predicted molar refractivity (Wildman–Crippen MR) is 102 cm³/mol. The van der Waals surface area contributed by atoms with Crippen LogP contribution in [0.2, 0.25) is 0 Å². The minimum atomic E-state index is -3.51. The first-order valence-corrected chi connectivity index (χ1v) is 9.95. The maximum Gasteiger partial charge on any atom is 0.242 e. The summed E-state index contributed by atoms with van der Waals surface area (Å²) in [6.45, 7) is 1.90. The number of methoxy groups -OCH3 is 1. The van der Waals surface area contributed by atoms with Crippen LogP contribution in [0.15, 0.2) is 53.1 Å². The molecule has 0 amide bonds. The first-order valence-electron chi connectivity index (χ1n) is 8.34. The third kappa shape index (κ3) is 4.53. The molecule has 8 heteroatoms. The summed E-state index contributed by atoms with van der Waals surface area (Å²) < 4.78 is 36.9. The van der Waals surface area contributed by atoms with Crippen molar-refractivity contribution in [3.8, 4) is 17.1 Å². The number of hydrogen-bond donors (Lipinski definition) is 0. The van der Waals surface area contributed by atoms with Gasteiger partial charge in [0.15, 0.2) is 0 Å². The van der Waals surface area contributed by atoms with Gasteiger partial charge < -0.3 is 9.26 Å². The first kappa shape index (κ1) is 19.1. The Labute approximate surface area is 158 Å². The van der Waals surface area contributed by atoms with Crippen LogP contribution in [0.1, 0.15) is 17.0 Å². The fourth-order valence-electron chi connectivity index (χ4n) is 2.57. The Bertz CT molecular complexity index is 1030. The average Bonchev–Trinajstić information content (AvgIpc) is 3.12. The van der Waals surface area contributed by atoms with E-state index in [0.29, 0.717) is 11.6 Å². The fraction of sp³-hybridized carbons (Fsp3) is 0.263. The van der Waals surface area contributed by atoms with Crippen LogP contribution in [0, 0.1) is 6.92 Å². The van der Waals surface area contributed by atoms with E-state index in [4.69, 9.17) is 9.26 Å². The molecule has 0 aliphatic heterocycles. The van der Waals surface area contributed by atoms with Crippen LogP contribution in [-0.4, -0.2) is 37.0 Å². The number of benzene rings is 2. The maximum absolute atomic E-state index is 12.6. The van der Waals surface area contributed by atoms with Crippen molar-refractivity contribution in [2.75, 3.05) is 14.2 Å². The highest BCUT2D eigenvalue weighted by Gasteiger charge is 2.22. The zero-order valence-electron chi connectivity index (χ0n) is 15.4.